The molecule has 8 nitrogen and oxygen atoms in total. The average Bonchev–Trinajstić information content (AvgIpc) is 1.74. The number of nitrogens with zero attached hydrogens (tertiary/aromatic N) is 1. The van der Waals surface area contributed by atoms with Gasteiger partial charge in [0.15, 0.2) is 10.1 Å². The molecule has 0 aromatic carbocycles. The van der Waals surface area contributed by atoms with Gasteiger partial charge in [-0.25, -0.2) is 13.2 Å². The van der Waals surface area contributed by atoms with Crippen molar-refractivity contribution in [3.63, 3.8) is 0 Å². The van der Waals surface area contributed by atoms with E-state index in [0.29, 0.717) is 0 Å². The van der Waals surface area contributed by atoms with Crippen LogP contribution in [0.25, 0.3) is 0 Å². The number of carbonyl (C=O) groups excluding carboxylic acids is 1. The first-order valence-electron chi connectivity index (χ1n) is 3.76. The average molecular weight is 201 g/mol. The number of hydrogen-bond donors (Lipinski definition) is 0. The minimum Gasteiger partial charge on any atom is -0.742 e. The molecule has 9 heteroatoms. The lowest BCUT2D eigenvalue weighted by molar-refractivity contribution is -0.487. The Bertz CT molecular complexity index is 371. The van der Waals surface area contributed by atoms with E-state index < -0.39 is 33.4 Å². The van der Waals surface area contributed by atoms with Gasteiger partial charge in [0.05, 0.1) is 16.1 Å². The third kappa shape index (κ3) is 2.43. The van der Waals surface area contributed by atoms with Gasteiger partial charge in [-0.15, -0.1) is 0 Å². The van der Waals surface area contributed by atoms with Gasteiger partial charge >= 0.3 is 11.3 Å². The summed E-state index contributed by atoms with van der Waals surface area (Å²) in [5, 5.41) is 6.75. The fourth-order valence-electron chi connectivity index (χ4n) is 0.360. The van der Waals surface area contributed by atoms with Crippen LogP contribution in [0.4, 0.5) is 0 Å². The maximum absolute atomic E-state index is 10.6. The van der Waals surface area contributed by atoms with Crippen molar-refractivity contribution in [1.82, 2.24) is 0 Å². The minimum absolute atomic E-state index is 1.74. The molecule has 0 aliphatic carbocycles. The summed E-state index contributed by atoms with van der Waals surface area (Å²) in [4.78, 5) is 18.9. The van der Waals surface area contributed by atoms with Crippen molar-refractivity contribution in [1.29, 1.82) is 0 Å². The van der Waals surface area contributed by atoms with Crippen LogP contribution < -0.4 is 0 Å². The van der Waals surface area contributed by atoms with E-state index in [-0.39, 0.29) is 0 Å². The van der Waals surface area contributed by atoms with Gasteiger partial charge in [-0.2, -0.15) is 0 Å². The Morgan fingerprint density at radius 3 is 2.50 bits per heavy atom. The minimum atomic E-state index is -5.61. The fraction of sp³-hybridized carbons (Fsp3) is 0.667. The fourth-order valence-corrected chi connectivity index (χ4v) is 0.854. The third-order valence-electron chi connectivity index (χ3n) is 0.767. The van der Waals surface area contributed by atoms with Crippen LogP contribution in [0.5, 0.6) is 0 Å². The number of ether oxygens (including phenoxy) is 1. The maximum Gasteiger partial charge on any atom is 0.396 e. The molecule has 0 bridgehead atoms. The molecule has 70 valence electrons. The van der Waals surface area contributed by atoms with Crippen LogP contribution in [0, 0.1) is 10.1 Å². The van der Waals surface area contributed by atoms with Crippen LogP contribution >= 0.6 is 0 Å². The molecule has 0 aliphatic rings. The standard InChI is InChI=1S/C3H5NO7S/c1-11-3(5)2(4(6)7)12(8,9)10/h2H,1H3,(H,8,9,10)/p-1/i1D3. The Morgan fingerprint density at radius 1 is 1.75 bits per heavy atom. The van der Waals surface area contributed by atoms with Crippen molar-refractivity contribution >= 4 is 16.1 Å². The number of rotatable bonds is 3. The van der Waals surface area contributed by atoms with Gasteiger partial charge in [0.1, 0.15) is 0 Å². The van der Waals surface area contributed by atoms with Gasteiger partial charge in [0, 0.05) is 0 Å². The smallest absolute Gasteiger partial charge is 0.396 e. The molecule has 0 rings (SSSR count). The van der Waals surface area contributed by atoms with E-state index in [2.05, 4.69) is 4.74 Å². The summed E-state index contributed by atoms with van der Waals surface area (Å²) in [6, 6.07) is 0. The first-order chi connectivity index (χ1) is 6.45. The molecule has 1 unspecified atom stereocenters. The third-order valence-corrected chi connectivity index (χ3v) is 1.68. The zero-order valence-corrected chi connectivity index (χ0v) is 6.11. The number of hydrogen-bond acceptors (Lipinski definition) is 7. The number of esters is 1. The van der Waals surface area contributed by atoms with E-state index in [9.17, 15) is 27.9 Å². The molecule has 0 aliphatic heterocycles. The second-order valence-electron chi connectivity index (χ2n) is 1.55. The molecule has 1 atom stereocenters. The van der Waals surface area contributed by atoms with Crippen LogP contribution in [0.3, 0.4) is 0 Å². The highest BCUT2D eigenvalue weighted by Crippen LogP contribution is 2.01. The molecule has 0 amide bonds. The predicted molar refractivity (Wildman–Crippen MR) is 32.5 cm³/mol. The molecular formula is C3H4NO7S-. The number of nitro groups is 1. The molecule has 0 fully saturated rings. The second-order valence-corrected chi connectivity index (χ2v) is 2.98. The zero-order valence-electron chi connectivity index (χ0n) is 8.29. The van der Waals surface area contributed by atoms with Crippen molar-refractivity contribution in [2.45, 2.75) is 5.37 Å². The van der Waals surface area contributed by atoms with Crippen molar-refractivity contribution in [2.24, 2.45) is 0 Å². The number of methoxy groups -OCH3 is 1. The zero-order chi connectivity index (χ0) is 12.4. The molecular weight excluding hydrogens is 194 g/mol. The van der Waals surface area contributed by atoms with E-state index in [4.69, 9.17) is 4.11 Å². The van der Waals surface area contributed by atoms with Crippen LogP contribution in [0.1, 0.15) is 4.11 Å². The van der Waals surface area contributed by atoms with Gasteiger partial charge in [0.25, 0.3) is 0 Å². The lowest BCUT2D eigenvalue weighted by atomic mass is 10.7. The molecule has 0 N–H and O–H groups in total. The van der Waals surface area contributed by atoms with Gasteiger partial charge in [-0.05, 0) is 0 Å². The maximum atomic E-state index is 10.6. The van der Waals surface area contributed by atoms with Crippen LogP contribution in [-0.2, 0) is 19.6 Å². The Kier molecular flexibility index (Phi) is 1.82. The summed E-state index contributed by atoms with van der Waals surface area (Å²) in [7, 11) is -8.96. The Hall–Kier alpha value is -1.22. The van der Waals surface area contributed by atoms with Gasteiger partial charge < -0.3 is 9.29 Å². The van der Waals surface area contributed by atoms with E-state index in [0.717, 1.165) is 0 Å². The summed E-state index contributed by atoms with van der Waals surface area (Å²) < 4.78 is 53.2. The molecule has 0 radical (unpaired) electrons. The van der Waals surface area contributed by atoms with Crippen molar-refractivity contribution in [3.8, 4) is 0 Å². The van der Waals surface area contributed by atoms with Crippen molar-refractivity contribution < 1.29 is 31.5 Å². The van der Waals surface area contributed by atoms with Crippen molar-refractivity contribution in [2.75, 3.05) is 7.04 Å². The van der Waals surface area contributed by atoms with Crippen LogP contribution in [0.15, 0.2) is 0 Å². The molecule has 0 saturated heterocycles. The predicted octanol–water partition coefficient (Wildman–Crippen LogP) is -1.69. The first kappa shape index (κ1) is 6.31. The molecule has 0 aromatic heterocycles. The molecule has 0 saturated carbocycles. The van der Waals surface area contributed by atoms with Gasteiger partial charge in [-0.1, -0.05) is 0 Å². The van der Waals surface area contributed by atoms with Crippen LogP contribution in [-0.4, -0.2) is 36.3 Å². The van der Waals surface area contributed by atoms with Crippen LogP contribution in [0.2, 0.25) is 0 Å². The highest BCUT2D eigenvalue weighted by molar-refractivity contribution is 7.86. The second kappa shape index (κ2) is 3.45. The van der Waals surface area contributed by atoms with Gasteiger partial charge in [-0.3, -0.25) is 10.1 Å². The SMILES string of the molecule is [2H]C([2H])([2H])OC(=O)C([N+](=O)[O-])S(=O)(=O)[O-]. The lowest BCUT2D eigenvalue weighted by Crippen LogP contribution is -2.38. The molecule has 0 spiro atoms. The topological polar surface area (TPSA) is 127 Å². The van der Waals surface area contributed by atoms with E-state index >= 15 is 0 Å². The van der Waals surface area contributed by atoms with Gasteiger partial charge in [0.2, 0.25) is 0 Å². The summed E-state index contributed by atoms with van der Waals surface area (Å²) in [5.41, 5.74) is 0. The van der Waals surface area contributed by atoms with E-state index in [1.54, 1.807) is 0 Å². The number of carbonyl (C=O) groups is 1. The molecule has 0 aromatic rings. The Morgan fingerprint density at radius 2 is 2.25 bits per heavy atom. The summed E-state index contributed by atoms with van der Waals surface area (Å²) in [6.45, 7) is 0. The quantitative estimate of drug-likeness (QED) is 0.230. The summed E-state index contributed by atoms with van der Waals surface area (Å²) in [5.74, 6) is -2.24. The Labute approximate surface area is 71.2 Å². The molecule has 0 heterocycles. The summed E-state index contributed by atoms with van der Waals surface area (Å²) in [6.07, 6.45) is 0. The first-order valence-corrected chi connectivity index (χ1v) is 3.73. The summed E-state index contributed by atoms with van der Waals surface area (Å²) >= 11 is 0. The monoisotopic (exact) mass is 201 g/mol. The highest BCUT2D eigenvalue weighted by atomic mass is 32.2. The highest BCUT2D eigenvalue weighted by Gasteiger charge is 2.37. The normalized spacial score (nSPS) is 18.2. The largest absolute Gasteiger partial charge is 0.742 e. The van der Waals surface area contributed by atoms with Crippen molar-refractivity contribution in [3.05, 3.63) is 10.1 Å². The van der Waals surface area contributed by atoms with E-state index in [1.165, 1.54) is 0 Å². The van der Waals surface area contributed by atoms with E-state index in [1.807, 2.05) is 0 Å². The Balaban J connectivity index is 5.00. The molecule has 12 heavy (non-hydrogen) atoms. The lowest BCUT2D eigenvalue weighted by Gasteiger charge is -2.09.